The van der Waals surface area contributed by atoms with Crippen molar-refractivity contribution in [1.82, 2.24) is 9.80 Å². The number of aryl methyl sites for hydroxylation is 2. The Morgan fingerprint density at radius 2 is 1.81 bits per heavy atom. The van der Waals surface area contributed by atoms with Crippen molar-refractivity contribution in [2.45, 2.75) is 19.8 Å². The highest BCUT2D eigenvalue weighted by Crippen LogP contribution is 2.25. The van der Waals surface area contributed by atoms with Gasteiger partial charge >= 0.3 is 0 Å². The number of amides is 1. The highest BCUT2D eigenvalue weighted by atomic mass is 16.5. The third-order valence-electron chi connectivity index (χ3n) is 4.32. The van der Waals surface area contributed by atoms with Gasteiger partial charge in [-0.3, -0.25) is 14.6 Å². The van der Waals surface area contributed by atoms with E-state index in [4.69, 9.17) is 31.4 Å². The molecule has 2 aromatic carbocycles. The summed E-state index contributed by atoms with van der Waals surface area (Å²) in [5.41, 5.74) is -1.64. The summed E-state index contributed by atoms with van der Waals surface area (Å²) in [6.45, 7) is -17.1. The van der Waals surface area contributed by atoms with E-state index < -0.39 is 107 Å². The van der Waals surface area contributed by atoms with Crippen LogP contribution < -0.4 is 14.8 Å². The lowest BCUT2D eigenvalue weighted by molar-refractivity contribution is -0.117. The number of β-amino-alcohol motifs (C(OH)–C–C–N with tert-alkyl or cyclic N) is 1. The molecule has 7 nitrogen and oxygen atoms in total. The number of rotatable bonds is 9. The monoisotopic (exact) mass is 443 g/mol. The fourth-order valence-corrected chi connectivity index (χ4v) is 2.80. The van der Waals surface area contributed by atoms with Gasteiger partial charge in [-0.1, -0.05) is 30.3 Å². The zero-order valence-electron chi connectivity index (χ0n) is 32.4. The summed E-state index contributed by atoms with van der Waals surface area (Å²) < 4.78 is 137. The van der Waals surface area contributed by atoms with E-state index in [2.05, 4.69) is 5.32 Å². The van der Waals surface area contributed by atoms with E-state index in [0.717, 1.165) is 34.1 Å². The molecular weight excluding hydrogens is 394 g/mol. The van der Waals surface area contributed by atoms with Gasteiger partial charge in [-0.05, 0) is 37.0 Å². The van der Waals surface area contributed by atoms with Crippen LogP contribution in [0.25, 0.3) is 0 Å². The molecule has 1 fully saturated rings. The highest BCUT2D eigenvalue weighted by molar-refractivity contribution is 5.93. The van der Waals surface area contributed by atoms with Gasteiger partial charge in [0.25, 0.3) is 0 Å². The van der Waals surface area contributed by atoms with Gasteiger partial charge in [-0.2, -0.15) is 0 Å². The minimum atomic E-state index is -3.68. The quantitative estimate of drug-likeness (QED) is 0.620. The van der Waals surface area contributed by atoms with Crippen LogP contribution in [0.2, 0.25) is 0 Å². The van der Waals surface area contributed by atoms with Gasteiger partial charge in [0.05, 0.1) is 24.5 Å². The minimum Gasteiger partial charge on any atom is -0.493 e. The second-order valence-electron chi connectivity index (χ2n) is 6.48. The van der Waals surface area contributed by atoms with Crippen LogP contribution in [0.15, 0.2) is 42.5 Å². The average Bonchev–Trinajstić information content (AvgIpc) is 2.92. The zero-order valence-corrected chi connectivity index (χ0v) is 16.4. The Bertz CT molecular complexity index is 1400. The first-order chi connectivity index (χ1) is 21.1. The minimum absolute atomic E-state index is 0.415. The lowest BCUT2D eigenvalue weighted by Crippen LogP contribution is -2.50. The molecule has 1 unspecified atom stereocenters. The summed E-state index contributed by atoms with van der Waals surface area (Å²) in [4.78, 5) is 15.0. The molecule has 1 aliphatic rings. The number of hydrogen-bond donors (Lipinski definition) is 2. The lowest BCUT2D eigenvalue weighted by Gasteiger charge is -2.35. The predicted octanol–water partition coefficient (Wildman–Crippen LogP) is 2.31. The van der Waals surface area contributed by atoms with Crippen LogP contribution in [0.1, 0.15) is 33.1 Å². The number of nitrogens with zero attached hydrogens (tertiary/aromatic N) is 2. The molecule has 1 aliphatic heterocycles. The molecule has 0 saturated carbocycles. The van der Waals surface area contributed by atoms with E-state index >= 15 is 0 Å². The molecule has 3 rings (SSSR count). The number of aliphatic hydroxyl groups is 1. The van der Waals surface area contributed by atoms with Gasteiger partial charge in [0, 0.05) is 49.3 Å². The molecule has 0 radical (unpaired) electrons. The summed E-state index contributed by atoms with van der Waals surface area (Å²) in [5.74, 6) is -2.41. The Balaban J connectivity index is 1.79. The van der Waals surface area contributed by atoms with Crippen LogP contribution >= 0.6 is 0 Å². The van der Waals surface area contributed by atoms with E-state index in [9.17, 15) is 9.90 Å². The van der Waals surface area contributed by atoms with Gasteiger partial charge in [-0.15, -0.1) is 0 Å². The maximum Gasteiger partial charge on any atom is 0.238 e. The molecule has 0 bridgehead atoms. The first-order valence-electron chi connectivity index (χ1n) is 17.3. The molecule has 31 heavy (non-hydrogen) atoms. The van der Waals surface area contributed by atoms with Crippen molar-refractivity contribution >= 4 is 11.6 Å². The molecule has 1 saturated heterocycles. The molecular formula is C24H33N3O4. The fraction of sp³-hybridized carbons (Fsp3) is 0.458. The molecule has 1 atom stereocenters. The van der Waals surface area contributed by atoms with Crippen LogP contribution in [0.4, 0.5) is 5.69 Å². The number of ether oxygens (including phenoxy) is 2. The number of carbonyl (C=O) groups is 1. The molecule has 1 amide bonds. The molecule has 0 spiro atoms. The summed E-state index contributed by atoms with van der Waals surface area (Å²) in [6.07, 6.45) is -3.68. The van der Waals surface area contributed by atoms with Gasteiger partial charge < -0.3 is 19.9 Å². The Labute approximate surface area is 207 Å². The normalized spacial score (nSPS) is 27.3. The Hall–Kier alpha value is -2.61. The molecule has 1 heterocycles. The largest absolute Gasteiger partial charge is 0.493 e. The summed E-state index contributed by atoms with van der Waals surface area (Å²) in [7, 11) is -2.96. The summed E-state index contributed by atoms with van der Waals surface area (Å²) >= 11 is 0. The molecule has 2 N–H and O–H groups in total. The van der Waals surface area contributed by atoms with Crippen LogP contribution in [0.3, 0.4) is 0 Å². The van der Waals surface area contributed by atoms with Crippen molar-refractivity contribution in [1.29, 1.82) is 0 Å². The zero-order chi connectivity index (χ0) is 36.0. The van der Waals surface area contributed by atoms with Crippen LogP contribution in [-0.2, 0) is 4.79 Å². The number of piperazine rings is 1. The number of carbonyl (C=O) groups excluding carboxylic acids is 1. The first-order valence-corrected chi connectivity index (χ1v) is 9.28. The molecule has 7 heteroatoms. The number of nitrogens with one attached hydrogen (secondary N) is 1. The predicted molar refractivity (Wildman–Crippen MR) is 122 cm³/mol. The van der Waals surface area contributed by atoms with E-state index in [0.29, 0.717) is 0 Å². The maximum absolute atomic E-state index is 13.2. The molecule has 168 valence electrons. The smallest absolute Gasteiger partial charge is 0.238 e. The van der Waals surface area contributed by atoms with Gasteiger partial charge in [0.15, 0.2) is 11.5 Å². The average molecular weight is 444 g/mol. The number of anilines is 1. The van der Waals surface area contributed by atoms with Gasteiger partial charge in [-0.25, -0.2) is 0 Å². The molecule has 0 aromatic heterocycles. The van der Waals surface area contributed by atoms with Gasteiger partial charge in [0.1, 0.15) is 12.6 Å². The van der Waals surface area contributed by atoms with Crippen LogP contribution in [0.5, 0.6) is 11.5 Å². The van der Waals surface area contributed by atoms with E-state index in [1.165, 1.54) is 18.2 Å². The third-order valence-corrected chi connectivity index (χ3v) is 4.32. The van der Waals surface area contributed by atoms with Crippen molar-refractivity contribution in [3.8, 4) is 11.5 Å². The van der Waals surface area contributed by atoms with Crippen LogP contribution in [-0.4, -0.2) is 79.7 Å². The summed E-state index contributed by atoms with van der Waals surface area (Å²) in [5, 5.41) is 13.0. The van der Waals surface area contributed by atoms with Crippen molar-refractivity contribution < 1.29 is 41.3 Å². The van der Waals surface area contributed by atoms with Crippen molar-refractivity contribution in [3.05, 3.63) is 53.6 Å². The van der Waals surface area contributed by atoms with Crippen molar-refractivity contribution in [2.75, 3.05) is 58.1 Å². The number of methoxy groups -OCH3 is 1. The lowest BCUT2D eigenvalue weighted by atomic mass is 10.1. The van der Waals surface area contributed by atoms with E-state index in [-0.39, 0.29) is 0 Å². The topological polar surface area (TPSA) is 74.3 Å². The molecule has 0 aliphatic carbocycles. The molecule has 2 aromatic rings. The van der Waals surface area contributed by atoms with E-state index in [1.54, 1.807) is 0 Å². The third kappa shape index (κ3) is 6.69. The number of benzene rings is 2. The second kappa shape index (κ2) is 11.1. The summed E-state index contributed by atoms with van der Waals surface area (Å²) in [6, 6.07) is 8.25. The number of hydrogen-bond acceptors (Lipinski definition) is 6. The maximum atomic E-state index is 13.2. The van der Waals surface area contributed by atoms with Crippen molar-refractivity contribution in [2.24, 2.45) is 0 Å². The Morgan fingerprint density at radius 3 is 2.48 bits per heavy atom. The van der Waals surface area contributed by atoms with E-state index in [1.807, 2.05) is 0 Å². The van der Waals surface area contributed by atoms with Crippen molar-refractivity contribution in [3.63, 3.8) is 0 Å². The standard InChI is InChI=1S/C24H33N3O4/c1-18-7-6-8-19(2)24(18)25-23(29)16-27-13-11-26(12-14-27)15-20(28)17-31-22-10-5-4-9-21(22)30-3/h4-10,20,28H,11-17H2,1-3H3,(H,25,29)/i1D3,2D3,3D3,15D2,16D2,17D2,20D. The van der Waals surface area contributed by atoms with Gasteiger partial charge in [0.2, 0.25) is 5.91 Å². The highest BCUT2D eigenvalue weighted by Gasteiger charge is 2.21. The fourth-order valence-electron chi connectivity index (χ4n) is 2.80. The van der Waals surface area contributed by atoms with Crippen LogP contribution in [0, 0.1) is 13.7 Å². The second-order valence-corrected chi connectivity index (χ2v) is 6.48. The first kappa shape index (κ1) is 9.90. The SMILES string of the molecule is [2H]C([2H])([2H])Oc1ccccc1OC([2H])([2H])C([2H])(O)C([2H])([2H])N1CCN(C([2H])([2H])C(=O)Nc2c(C([2H])([2H])[2H])cccc2C([2H])([2H])[2H])CC1. The Kier molecular flexibility index (Phi) is 3.55. The Morgan fingerprint density at radius 1 is 1.13 bits per heavy atom. The number of para-hydroxylation sites is 3.